The summed E-state index contributed by atoms with van der Waals surface area (Å²) in [5.74, 6) is -0.998. The molecule has 0 bridgehead atoms. The molecule has 2 atom stereocenters. The molecule has 1 rings (SSSR count). The summed E-state index contributed by atoms with van der Waals surface area (Å²) < 4.78 is 31.8. The summed E-state index contributed by atoms with van der Waals surface area (Å²) in [5.41, 5.74) is 0.0476. The van der Waals surface area contributed by atoms with Crippen molar-refractivity contribution >= 4 is 21.7 Å². The van der Waals surface area contributed by atoms with Gasteiger partial charge in [-0.05, 0) is 18.9 Å². The largest absolute Gasteiger partial charge is 0.468 e. The van der Waals surface area contributed by atoms with Gasteiger partial charge in [-0.15, -0.1) is 0 Å². The number of methoxy groups -OCH3 is 1. The van der Waals surface area contributed by atoms with Gasteiger partial charge in [-0.25, -0.2) is 8.42 Å². The molecule has 23 heavy (non-hydrogen) atoms. The van der Waals surface area contributed by atoms with Crippen molar-refractivity contribution < 1.29 is 22.9 Å². The van der Waals surface area contributed by atoms with Gasteiger partial charge >= 0.3 is 5.97 Å². The highest BCUT2D eigenvalue weighted by molar-refractivity contribution is 7.89. The number of nitrogens with zero attached hydrogens (tertiary/aromatic N) is 1. The van der Waals surface area contributed by atoms with Crippen molar-refractivity contribution in [2.24, 2.45) is 5.92 Å². The van der Waals surface area contributed by atoms with Crippen LogP contribution in [0.25, 0.3) is 0 Å². The highest BCUT2D eigenvalue weighted by Gasteiger charge is 2.31. The van der Waals surface area contributed by atoms with E-state index in [1.807, 2.05) is 6.92 Å². The molecule has 0 saturated heterocycles. The Bertz CT molecular complexity index is 701. The molecule has 0 saturated carbocycles. The summed E-state index contributed by atoms with van der Waals surface area (Å²) in [6.45, 7) is 5.03. The second kappa shape index (κ2) is 7.51. The molecule has 8 nitrogen and oxygen atoms in total. The van der Waals surface area contributed by atoms with E-state index in [2.05, 4.69) is 9.46 Å². The molecule has 0 amide bonds. The molecule has 9 heteroatoms. The van der Waals surface area contributed by atoms with Crippen LogP contribution in [0.5, 0.6) is 0 Å². The number of nitro benzene ring substituents is 1. The monoisotopic (exact) mass is 344 g/mol. The molecule has 128 valence electrons. The van der Waals surface area contributed by atoms with E-state index >= 15 is 0 Å². The second-order valence-electron chi connectivity index (χ2n) is 5.21. The van der Waals surface area contributed by atoms with Crippen molar-refractivity contribution in [2.45, 2.75) is 38.1 Å². The fourth-order valence-corrected chi connectivity index (χ4v) is 3.26. The fraction of sp³-hybridized carbons (Fsp3) is 0.500. The Morgan fingerprint density at radius 1 is 1.43 bits per heavy atom. The number of benzene rings is 1. The van der Waals surface area contributed by atoms with Crippen molar-refractivity contribution in [1.29, 1.82) is 0 Å². The predicted octanol–water partition coefficient (Wildman–Crippen LogP) is 1.77. The number of hydrogen-bond donors (Lipinski definition) is 1. The smallest absolute Gasteiger partial charge is 0.324 e. The Hall–Kier alpha value is -2.00. The zero-order valence-corrected chi connectivity index (χ0v) is 14.2. The number of sulfonamides is 1. The zero-order chi connectivity index (χ0) is 17.8. The average Bonchev–Trinajstić information content (AvgIpc) is 2.51. The van der Waals surface area contributed by atoms with Crippen LogP contribution in [0.4, 0.5) is 5.69 Å². The minimum absolute atomic E-state index is 0.271. The number of rotatable bonds is 7. The van der Waals surface area contributed by atoms with Crippen LogP contribution < -0.4 is 4.72 Å². The molecule has 0 fully saturated rings. The molecule has 0 aromatic heterocycles. The van der Waals surface area contributed by atoms with Gasteiger partial charge < -0.3 is 4.74 Å². The van der Waals surface area contributed by atoms with Crippen LogP contribution in [-0.2, 0) is 19.6 Å². The lowest BCUT2D eigenvalue weighted by molar-refractivity contribution is -0.385. The van der Waals surface area contributed by atoms with Crippen molar-refractivity contribution in [3.8, 4) is 0 Å². The molecule has 1 aromatic rings. The van der Waals surface area contributed by atoms with Gasteiger partial charge in [0.25, 0.3) is 5.69 Å². The third kappa shape index (κ3) is 4.49. The third-order valence-electron chi connectivity index (χ3n) is 3.64. The van der Waals surface area contributed by atoms with Gasteiger partial charge in [0.1, 0.15) is 6.04 Å². The van der Waals surface area contributed by atoms with Crippen molar-refractivity contribution in [3.63, 3.8) is 0 Å². The third-order valence-corrected chi connectivity index (χ3v) is 5.08. The summed E-state index contributed by atoms with van der Waals surface area (Å²) in [6.07, 6.45) is 0.552. The van der Waals surface area contributed by atoms with Gasteiger partial charge in [-0.1, -0.05) is 26.3 Å². The molecular weight excluding hydrogens is 324 g/mol. The summed E-state index contributed by atoms with van der Waals surface area (Å²) in [4.78, 5) is 21.8. The summed E-state index contributed by atoms with van der Waals surface area (Å²) in [5, 5.41) is 10.9. The first kappa shape index (κ1) is 19.0. The van der Waals surface area contributed by atoms with E-state index in [4.69, 9.17) is 0 Å². The quantitative estimate of drug-likeness (QED) is 0.458. The lowest BCUT2D eigenvalue weighted by Gasteiger charge is -2.21. The fourth-order valence-electron chi connectivity index (χ4n) is 1.95. The molecule has 0 spiro atoms. The Kier molecular flexibility index (Phi) is 6.22. The molecule has 0 unspecified atom stereocenters. The topological polar surface area (TPSA) is 116 Å². The first-order chi connectivity index (χ1) is 10.6. The maximum absolute atomic E-state index is 12.4. The SMILES string of the molecule is CC[C@H](C)[C@@H](NS(=O)(=O)c1ccc(C)c([N+](=O)[O-])c1)C(=O)OC. The Morgan fingerprint density at radius 2 is 2.04 bits per heavy atom. The van der Waals surface area contributed by atoms with E-state index < -0.39 is 27.0 Å². The van der Waals surface area contributed by atoms with Gasteiger partial charge in [-0.3, -0.25) is 14.9 Å². The van der Waals surface area contributed by atoms with Gasteiger partial charge in [0, 0.05) is 11.6 Å². The molecule has 1 N–H and O–H groups in total. The van der Waals surface area contributed by atoms with Crippen LogP contribution in [0.2, 0.25) is 0 Å². The molecule has 0 aliphatic rings. The lowest BCUT2D eigenvalue weighted by atomic mass is 10.0. The Labute approximate surface area is 135 Å². The first-order valence-electron chi connectivity index (χ1n) is 6.99. The van der Waals surface area contributed by atoms with Gasteiger partial charge in [0.15, 0.2) is 0 Å². The summed E-state index contributed by atoms with van der Waals surface area (Å²) >= 11 is 0. The normalized spacial score (nSPS) is 14.1. The number of aryl methyl sites for hydroxylation is 1. The van der Waals surface area contributed by atoms with E-state index in [1.54, 1.807) is 6.92 Å². The van der Waals surface area contributed by atoms with Gasteiger partial charge in [0.2, 0.25) is 10.0 Å². The van der Waals surface area contributed by atoms with Crippen LogP contribution in [0.15, 0.2) is 23.1 Å². The highest BCUT2D eigenvalue weighted by atomic mass is 32.2. The Morgan fingerprint density at radius 3 is 2.52 bits per heavy atom. The molecule has 0 aliphatic carbocycles. The number of hydrogen-bond acceptors (Lipinski definition) is 6. The minimum Gasteiger partial charge on any atom is -0.468 e. The molecule has 0 radical (unpaired) electrons. The lowest BCUT2D eigenvalue weighted by Crippen LogP contribution is -2.45. The standard InChI is InChI=1S/C14H20N2O6S/c1-5-9(2)13(14(17)22-4)15-23(20,21)11-7-6-10(3)12(8-11)16(18)19/h6-9,13,15H,5H2,1-4H3/t9-,13+/m0/s1. The zero-order valence-electron chi connectivity index (χ0n) is 13.4. The average molecular weight is 344 g/mol. The molecule has 0 heterocycles. The number of carbonyl (C=O) groups is 1. The second-order valence-corrected chi connectivity index (χ2v) is 6.93. The minimum atomic E-state index is -4.10. The van der Waals surface area contributed by atoms with E-state index in [1.165, 1.54) is 26.2 Å². The maximum Gasteiger partial charge on any atom is 0.324 e. The van der Waals surface area contributed by atoms with E-state index in [9.17, 15) is 23.3 Å². The number of nitro groups is 1. The van der Waals surface area contributed by atoms with E-state index in [-0.39, 0.29) is 16.5 Å². The van der Waals surface area contributed by atoms with Crippen LogP contribution in [0.3, 0.4) is 0 Å². The number of nitrogens with one attached hydrogen (secondary N) is 1. The van der Waals surface area contributed by atoms with Crippen molar-refractivity contribution in [3.05, 3.63) is 33.9 Å². The van der Waals surface area contributed by atoms with E-state index in [0.29, 0.717) is 12.0 Å². The van der Waals surface area contributed by atoms with Gasteiger partial charge in [0.05, 0.1) is 16.9 Å². The molecule has 0 aliphatic heterocycles. The number of ether oxygens (including phenoxy) is 1. The van der Waals surface area contributed by atoms with E-state index in [0.717, 1.165) is 6.07 Å². The molecule has 1 aromatic carbocycles. The van der Waals surface area contributed by atoms with Crippen LogP contribution in [-0.4, -0.2) is 32.5 Å². The van der Waals surface area contributed by atoms with Crippen molar-refractivity contribution in [2.75, 3.05) is 7.11 Å². The summed E-state index contributed by atoms with van der Waals surface area (Å²) in [7, 11) is -2.93. The predicted molar refractivity (Wildman–Crippen MR) is 83.4 cm³/mol. The highest BCUT2D eigenvalue weighted by Crippen LogP contribution is 2.23. The van der Waals surface area contributed by atoms with Crippen LogP contribution in [0.1, 0.15) is 25.8 Å². The Balaban J connectivity index is 3.22. The maximum atomic E-state index is 12.4. The number of esters is 1. The van der Waals surface area contributed by atoms with Crippen LogP contribution in [0, 0.1) is 23.0 Å². The van der Waals surface area contributed by atoms with Crippen molar-refractivity contribution in [1.82, 2.24) is 4.72 Å². The number of carbonyl (C=O) groups excluding carboxylic acids is 1. The first-order valence-corrected chi connectivity index (χ1v) is 8.47. The summed E-state index contributed by atoms with van der Waals surface area (Å²) in [6, 6.07) is 2.52. The van der Waals surface area contributed by atoms with Crippen LogP contribution >= 0.6 is 0 Å². The molecular formula is C14H20N2O6S. The van der Waals surface area contributed by atoms with Gasteiger partial charge in [-0.2, -0.15) is 4.72 Å².